The molecule has 2 spiro atoms. The van der Waals surface area contributed by atoms with Gasteiger partial charge < -0.3 is 29.0 Å². The van der Waals surface area contributed by atoms with E-state index in [-0.39, 0.29) is 17.8 Å². The number of morpholine rings is 1. The molecule has 48 heavy (non-hydrogen) atoms. The first kappa shape index (κ1) is 38.2. The maximum absolute atomic E-state index is 12.9. The third kappa shape index (κ3) is 6.15. The van der Waals surface area contributed by atoms with Crippen LogP contribution in [0.4, 0.5) is 0 Å². The molecular weight excluding hydrogens is 602 g/mol. The summed E-state index contributed by atoms with van der Waals surface area (Å²) in [4.78, 5) is 26.1. The second-order valence-corrected chi connectivity index (χ2v) is 17.9. The normalized spacial score (nSPS) is 44.2. The van der Waals surface area contributed by atoms with Crippen LogP contribution >= 0.6 is 0 Å². The van der Waals surface area contributed by atoms with Crippen molar-refractivity contribution in [2.45, 2.75) is 150 Å². The molecular formula is C41H71NO6. The summed E-state index contributed by atoms with van der Waals surface area (Å²) in [5.74, 6) is 4.95. The van der Waals surface area contributed by atoms with Crippen LogP contribution in [0.5, 0.6) is 0 Å². The van der Waals surface area contributed by atoms with E-state index in [1.807, 2.05) is 12.0 Å². The number of carbonyl (C=O) groups is 2. The number of aliphatic hydroxyl groups excluding tert-OH is 1. The molecule has 276 valence electrons. The van der Waals surface area contributed by atoms with E-state index in [0.29, 0.717) is 84.5 Å². The topological polar surface area (TPSA) is 85.3 Å². The van der Waals surface area contributed by atoms with Crippen LogP contribution in [0.1, 0.15) is 132 Å². The van der Waals surface area contributed by atoms with Gasteiger partial charge in [-0.05, 0) is 127 Å². The molecule has 1 saturated heterocycles. The van der Waals surface area contributed by atoms with Gasteiger partial charge >= 0.3 is 0 Å². The summed E-state index contributed by atoms with van der Waals surface area (Å²) in [5.41, 5.74) is 1.30. The predicted molar refractivity (Wildman–Crippen MR) is 190 cm³/mol. The molecule has 1 aliphatic heterocycles. The van der Waals surface area contributed by atoms with Gasteiger partial charge in [-0.25, -0.2) is 0 Å². The number of methoxy groups -OCH3 is 1. The van der Waals surface area contributed by atoms with Crippen molar-refractivity contribution in [1.29, 1.82) is 0 Å². The van der Waals surface area contributed by atoms with Crippen LogP contribution in [0.15, 0.2) is 0 Å². The number of fused-ring (bicyclic) bond motifs is 2. The zero-order valence-corrected chi connectivity index (χ0v) is 32.1. The Morgan fingerprint density at radius 2 is 1.73 bits per heavy atom. The summed E-state index contributed by atoms with van der Waals surface area (Å²) < 4.78 is 19.3. The first-order valence-corrected chi connectivity index (χ1v) is 19.9. The van der Waals surface area contributed by atoms with Crippen LogP contribution in [0.3, 0.4) is 0 Å². The monoisotopic (exact) mass is 674 g/mol. The van der Waals surface area contributed by atoms with Crippen molar-refractivity contribution in [3.05, 3.63) is 0 Å². The lowest BCUT2D eigenvalue weighted by Crippen LogP contribution is -2.56. The summed E-state index contributed by atoms with van der Waals surface area (Å²) in [5, 5.41) is 7.00. The summed E-state index contributed by atoms with van der Waals surface area (Å²) in [6, 6.07) is 0. The summed E-state index contributed by atoms with van der Waals surface area (Å²) >= 11 is 0. The van der Waals surface area contributed by atoms with Crippen LogP contribution in [-0.2, 0) is 23.8 Å². The Hall–Kier alpha value is -1.02. The number of rotatable bonds is 9. The average molecular weight is 674 g/mol. The standard InChI is InChI=1S/C37H59NO5.C3H8.CH4O/c1-23(8-7-18-39)33-28(41-6)21-27-26-11-12-29-34(3,4)30(13-14-37(29)24(2)36(26,37)16-15-35(27,33)5)43-32-22-38(17-19-42-32)31(40)20-25-9-10-25;1-3-2;1-2/h18,23-30,32-33H,7-17,19-22H2,1-6H3;3H2,1-2H3;2H,1H3/t23-,24+,26+,27?,28-,29?,30+,32?,33+,35+,36+,37?;;/m1../s1. The number of aliphatic hydroxyl groups is 1. The Bertz CT molecular complexity index is 1110. The van der Waals surface area contributed by atoms with E-state index in [4.69, 9.17) is 19.3 Å². The molecule has 7 fully saturated rings. The molecule has 1 heterocycles. The molecule has 1 amide bonds. The lowest BCUT2D eigenvalue weighted by molar-refractivity contribution is -0.244. The molecule has 4 unspecified atom stereocenters. The van der Waals surface area contributed by atoms with Crippen molar-refractivity contribution < 1.29 is 28.9 Å². The van der Waals surface area contributed by atoms with Gasteiger partial charge in [0.1, 0.15) is 6.29 Å². The van der Waals surface area contributed by atoms with Crippen LogP contribution in [0.2, 0.25) is 0 Å². The van der Waals surface area contributed by atoms with E-state index in [9.17, 15) is 9.59 Å². The van der Waals surface area contributed by atoms with E-state index >= 15 is 0 Å². The van der Waals surface area contributed by atoms with Gasteiger partial charge in [0.05, 0.1) is 25.4 Å². The van der Waals surface area contributed by atoms with Gasteiger partial charge in [0.25, 0.3) is 0 Å². The molecule has 0 aromatic rings. The summed E-state index contributed by atoms with van der Waals surface area (Å²) in [6.45, 7) is 18.7. The van der Waals surface area contributed by atoms with Gasteiger partial charge in [0.2, 0.25) is 5.91 Å². The highest BCUT2D eigenvalue weighted by Crippen LogP contribution is 2.89. The zero-order valence-electron chi connectivity index (χ0n) is 32.1. The summed E-state index contributed by atoms with van der Waals surface area (Å²) in [6.07, 6.45) is 16.2. The van der Waals surface area contributed by atoms with Crippen molar-refractivity contribution in [3.63, 3.8) is 0 Å². The van der Waals surface area contributed by atoms with Gasteiger partial charge in [-0.1, -0.05) is 54.9 Å². The van der Waals surface area contributed by atoms with Crippen molar-refractivity contribution in [1.82, 2.24) is 4.90 Å². The maximum atomic E-state index is 12.9. The second-order valence-electron chi connectivity index (χ2n) is 17.9. The van der Waals surface area contributed by atoms with Crippen molar-refractivity contribution in [3.8, 4) is 0 Å². The Labute approximate surface area is 293 Å². The van der Waals surface area contributed by atoms with Crippen molar-refractivity contribution in [2.75, 3.05) is 33.9 Å². The molecule has 12 atom stereocenters. The maximum Gasteiger partial charge on any atom is 0.223 e. The van der Waals surface area contributed by atoms with Crippen LogP contribution in [0.25, 0.3) is 0 Å². The van der Waals surface area contributed by atoms with Gasteiger partial charge in [-0.3, -0.25) is 4.79 Å². The molecule has 7 aliphatic rings. The van der Waals surface area contributed by atoms with Crippen molar-refractivity contribution >= 4 is 12.2 Å². The number of hydrogen-bond acceptors (Lipinski definition) is 6. The minimum Gasteiger partial charge on any atom is -0.400 e. The fourth-order valence-corrected chi connectivity index (χ4v) is 13.5. The molecule has 0 aromatic carbocycles. The largest absolute Gasteiger partial charge is 0.400 e. The summed E-state index contributed by atoms with van der Waals surface area (Å²) in [7, 11) is 2.93. The fraction of sp³-hybridized carbons (Fsp3) is 0.951. The van der Waals surface area contributed by atoms with Crippen molar-refractivity contribution in [2.24, 2.45) is 63.1 Å². The molecule has 6 saturated carbocycles. The molecule has 0 bridgehead atoms. The lowest BCUT2D eigenvalue weighted by atomic mass is 9.46. The molecule has 7 rings (SSSR count). The third-order valence-electron chi connectivity index (χ3n) is 15.5. The average Bonchev–Trinajstić information content (AvgIpc) is 3.96. The molecule has 0 radical (unpaired) electrons. The number of amides is 1. The van der Waals surface area contributed by atoms with Crippen LogP contribution < -0.4 is 0 Å². The van der Waals surface area contributed by atoms with E-state index in [1.54, 1.807) is 0 Å². The third-order valence-corrected chi connectivity index (χ3v) is 15.5. The molecule has 0 aromatic heterocycles. The second kappa shape index (κ2) is 14.9. The Morgan fingerprint density at radius 3 is 2.38 bits per heavy atom. The SMILES string of the molecule is CCC.CO.CO[C@@H]1CC2[C@@H]3CCC4C(C)(C)[C@@H](OC5CN(C(=O)CC6CC6)CCO5)CCC45[C@@H](C)[C@@]35CC[C@]2(C)[C@H]1[C@H](C)CCC=O. The molecule has 7 nitrogen and oxygen atoms in total. The smallest absolute Gasteiger partial charge is 0.223 e. The number of carbonyl (C=O) groups excluding carboxylic acids is 2. The number of aldehydes is 1. The predicted octanol–water partition coefficient (Wildman–Crippen LogP) is 7.92. The van der Waals surface area contributed by atoms with Crippen LogP contribution in [0, 0.1) is 63.1 Å². The highest BCUT2D eigenvalue weighted by Gasteiger charge is 2.84. The quantitative estimate of drug-likeness (QED) is 0.251. The minimum absolute atomic E-state index is 0.0853. The molecule has 6 aliphatic carbocycles. The minimum atomic E-state index is -0.296. The first-order valence-electron chi connectivity index (χ1n) is 19.9. The highest BCUT2D eigenvalue weighted by molar-refractivity contribution is 5.76. The molecule has 1 N–H and O–H groups in total. The van der Waals surface area contributed by atoms with Gasteiger partial charge in [0, 0.05) is 33.6 Å². The Balaban J connectivity index is 0.000000855. The number of hydrogen-bond donors (Lipinski definition) is 1. The van der Waals surface area contributed by atoms with E-state index in [0.717, 1.165) is 44.0 Å². The number of nitrogens with zero attached hydrogens (tertiary/aromatic N) is 1. The Morgan fingerprint density at radius 1 is 1.02 bits per heavy atom. The first-order chi connectivity index (χ1) is 23.0. The van der Waals surface area contributed by atoms with Gasteiger partial charge in [-0.2, -0.15) is 0 Å². The molecule has 7 heteroatoms. The van der Waals surface area contributed by atoms with Gasteiger partial charge in [-0.15, -0.1) is 0 Å². The van der Waals surface area contributed by atoms with Gasteiger partial charge in [0.15, 0.2) is 6.29 Å². The van der Waals surface area contributed by atoms with E-state index in [2.05, 4.69) is 48.5 Å². The van der Waals surface area contributed by atoms with Crippen LogP contribution in [-0.4, -0.2) is 74.6 Å². The lowest BCUT2D eigenvalue weighted by Gasteiger charge is -2.60. The van der Waals surface area contributed by atoms with E-state index in [1.165, 1.54) is 57.8 Å². The Kier molecular flexibility index (Phi) is 11.9. The number of ether oxygens (including phenoxy) is 3. The highest BCUT2D eigenvalue weighted by atomic mass is 16.7. The van der Waals surface area contributed by atoms with E-state index < -0.39 is 0 Å². The fourth-order valence-electron chi connectivity index (χ4n) is 13.5. The zero-order chi connectivity index (χ0) is 35.1.